The van der Waals surface area contributed by atoms with Crippen molar-refractivity contribution >= 4 is 5.57 Å². The van der Waals surface area contributed by atoms with Gasteiger partial charge in [-0.05, 0) is 115 Å². The predicted molar refractivity (Wildman–Crippen MR) is 160 cm³/mol. The van der Waals surface area contributed by atoms with Gasteiger partial charge in [-0.3, -0.25) is 0 Å². The molecule has 0 fully saturated rings. The largest absolute Gasteiger partial charge is 0.386 e. The number of rotatable bonds is 5. The highest BCUT2D eigenvalue weighted by molar-refractivity contribution is 5.71. The molecule has 0 radical (unpaired) electrons. The van der Waals surface area contributed by atoms with Crippen LogP contribution in [0.25, 0.3) is 5.57 Å². The Kier molecular flexibility index (Phi) is 6.70. The van der Waals surface area contributed by atoms with Crippen LogP contribution in [-0.2, 0) is 0 Å². The van der Waals surface area contributed by atoms with Crippen LogP contribution >= 0.6 is 0 Å². The molecule has 1 heteroatoms. The minimum absolute atomic E-state index is 0.528. The van der Waals surface area contributed by atoms with Gasteiger partial charge in [-0.1, -0.05) is 90.6 Å². The van der Waals surface area contributed by atoms with Gasteiger partial charge in [0.2, 0.25) is 0 Å². The summed E-state index contributed by atoms with van der Waals surface area (Å²) < 4.78 is 0. The third-order valence-electron chi connectivity index (χ3n) is 10.1. The molecule has 0 saturated carbocycles. The van der Waals surface area contributed by atoms with Crippen molar-refractivity contribution in [3.63, 3.8) is 0 Å². The lowest BCUT2D eigenvalue weighted by Crippen LogP contribution is -2.24. The van der Waals surface area contributed by atoms with E-state index in [4.69, 9.17) is 0 Å². The molecule has 1 aliphatic heterocycles. The Hall–Kier alpha value is -3.06. The fourth-order valence-corrected chi connectivity index (χ4v) is 7.89. The molecule has 1 aromatic carbocycles. The minimum Gasteiger partial charge on any atom is -0.386 e. The van der Waals surface area contributed by atoms with Crippen molar-refractivity contribution in [1.82, 2.24) is 5.32 Å². The molecule has 6 aliphatic rings. The first kappa shape index (κ1) is 24.0. The first-order valence-corrected chi connectivity index (χ1v) is 15.2. The molecule has 0 saturated heterocycles. The van der Waals surface area contributed by atoms with Gasteiger partial charge < -0.3 is 5.32 Å². The number of benzene rings is 1. The normalized spacial score (nSPS) is 32.1. The lowest BCUT2D eigenvalue weighted by molar-refractivity contribution is 0.412. The molecule has 1 N–H and O–H groups in total. The zero-order chi connectivity index (χ0) is 25.3. The SMILES string of the molecule is C1=CC2=C(C3CC=C(C4=CC=CC(C5C=CCCC5)C4)CC3)CCC(c3ccc(C4=CNC4)cc3)C2C=C1. The molecule has 194 valence electrons. The Morgan fingerprint density at radius 2 is 1.71 bits per heavy atom. The van der Waals surface area contributed by atoms with Crippen molar-refractivity contribution in [1.29, 1.82) is 0 Å². The maximum absolute atomic E-state index is 3.25. The van der Waals surface area contributed by atoms with E-state index < -0.39 is 0 Å². The van der Waals surface area contributed by atoms with E-state index in [1.807, 2.05) is 0 Å². The van der Waals surface area contributed by atoms with Crippen molar-refractivity contribution in [2.75, 3.05) is 6.54 Å². The van der Waals surface area contributed by atoms with Crippen LogP contribution in [0.15, 0.2) is 114 Å². The molecule has 0 aromatic heterocycles. The van der Waals surface area contributed by atoms with Crippen LogP contribution in [0.2, 0.25) is 0 Å². The topological polar surface area (TPSA) is 12.0 Å². The van der Waals surface area contributed by atoms with Gasteiger partial charge in [-0.15, -0.1) is 0 Å². The molecule has 5 atom stereocenters. The zero-order valence-electron chi connectivity index (χ0n) is 22.6. The van der Waals surface area contributed by atoms with Gasteiger partial charge in [-0.25, -0.2) is 0 Å². The van der Waals surface area contributed by atoms with Crippen LogP contribution in [-0.4, -0.2) is 6.54 Å². The monoisotopic (exact) mass is 499 g/mol. The number of hydrogen-bond acceptors (Lipinski definition) is 1. The molecule has 1 nitrogen and oxygen atoms in total. The highest BCUT2D eigenvalue weighted by atomic mass is 14.9. The summed E-state index contributed by atoms with van der Waals surface area (Å²) in [6.45, 7) is 0.999. The molecular weight excluding hydrogens is 458 g/mol. The molecule has 0 spiro atoms. The summed E-state index contributed by atoms with van der Waals surface area (Å²) in [5, 5.41) is 3.25. The smallest absolute Gasteiger partial charge is 0.0415 e. The Morgan fingerprint density at radius 3 is 2.47 bits per heavy atom. The summed E-state index contributed by atoms with van der Waals surface area (Å²) in [5.41, 5.74) is 10.9. The molecule has 7 rings (SSSR count). The second-order valence-corrected chi connectivity index (χ2v) is 12.2. The number of allylic oxidation sites excluding steroid dienone is 14. The van der Waals surface area contributed by atoms with Crippen LogP contribution in [0.4, 0.5) is 0 Å². The summed E-state index contributed by atoms with van der Waals surface area (Å²) in [5.74, 6) is 3.28. The van der Waals surface area contributed by atoms with Gasteiger partial charge in [-0.2, -0.15) is 0 Å². The Balaban J connectivity index is 1.06. The molecule has 38 heavy (non-hydrogen) atoms. The van der Waals surface area contributed by atoms with Crippen molar-refractivity contribution < 1.29 is 0 Å². The van der Waals surface area contributed by atoms with E-state index in [0.29, 0.717) is 23.7 Å². The quantitative estimate of drug-likeness (QED) is 0.398. The molecule has 1 heterocycles. The Bertz CT molecular complexity index is 1300. The molecular formula is C37H41N. The van der Waals surface area contributed by atoms with E-state index in [-0.39, 0.29) is 0 Å². The lowest BCUT2D eigenvalue weighted by atomic mass is 9.66. The highest BCUT2D eigenvalue weighted by Gasteiger charge is 2.34. The van der Waals surface area contributed by atoms with E-state index >= 15 is 0 Å². The first-order valence-electron chi connectivity index (χ1n) is 15.2. The second-order valence-electron chi connectivity index (χ2n) is 12.2. The summed E-state index contributed by atoms with van der Waals surface area (Å²) in [6.07, 6.45) is 37.9. The van der Waals surface area contributed by atoms with Gasteiger partial charge in [0.05, 0.1) is 0 Å². The maximum atomic E-state index is 3.25. The second kappa shape index (κ2) is 10.6. The van der Waals surface area contributed by atoms with Crippen LogP contribution in [0.1, 0.15) is 74.8 Å². The third kappa shape index (κ3) is 4.66. The summed E-state index contributed by atoms with van der Waals surface area (Å²) in [7, 11) is 0. The standard InChI is InChI=1S/C37H41N/c1-2-7-26(8-3-1)31-9-6-10-32(23-31)27-13-17-29(18-14-27)34-21-22-35(37-12-5-4-11-36(34)37)30-19-15-28(16-20-30)33-24-38-25-33/h2,4-7,9-13,15-16,19-20,24,26,29,31,35,37-38H,1,3,8,14,17-18,21-23,25H2. The summed E-state index contributed by atoms with van der Waals surface area (Å²) in [4.78, 5) is 0. The average Bonchev–Trinajstić information content (AvgIpc) is 2.97. The molecule has 1 aromatic rings. The van der Waals surface area contributed by atoms with Crippen molar-refractivity contribution in [2.45, 2.75) is 63.7 Å². The van der Waals surface area contributed by atoms with Gasteiger partial charge in [0.15, 0.2) is 0 Å². The molecule has 5 aliphatic carbocycles. The van der Waals surface area contributed by atoms with Crippen molar-refractivity contribution in [2.24, 2.45) is 23.7 Å². The fourth-order valence-electron chi connectivity index (χ4n) is 7.89. The van der Waals surface area contributed by atoms with E-state index in [1.165, 1.54) is 74.5 Å². The van der Waals surface area contributed by atoms with E-state index in [2.05, 4.69) is 96.5 Å². The Morgan fingerprint density at radius 1 is 0.789 bits per heavy atom. The van der Waals surface area contributed by atoms with Gasteiger partial charge in [0.1, 0.15) is 0 Å². The molecule has 0 amide bonds. The Labute approximate surface area is 229 Å². The van der Waals surface area contributed by atoms with E-state index in [9.17, 15) is 0 Å². The van der Waals surface area contributed by atoms with E-state index in [1.54, 1.807) is 22.3 Å². The van der Waals surface area contributed by atoms with Crippen LogP contribution in [0.5, 0.6) is 0 Å². The minimum atomic E-state index is 0.528. The third-order valence-corrected chi connectivity index (χ3v) is 10.1. The molecule has 0 bridgehead atoms. The van der Waals surface area contributed by atoms with Gasteiger partial charge in [0.25, 0.3) is 0 Å². The van der Waals surface area contributed by atoms with Crippen LogP contribution in [0, 0.1) is 23.7 Å². The lowest BCUT2D eigenvalue weighted by Gasteiger charge is -2.38. The van der Waals surface area contributed by atoms with Gasteiger partial charge >= 0.3 is 0 Å². The number of hydrogen-bond donors (Lipinski definition) is 1. The predicted octanol–water partition coefficient (Wildman–Crippen LogP) is 9.13. The van der Waals surface area contributed by atoms with Crippen LogP contribution < -0.4 is 5.32 Å². The fraction of sp³-hybridized carbons (Fsp3) is 0.405. The van der Waals surface area contributed by atoms with Crippen molar-refractivity contribution in [3.05, 3.63) is 125 Å². The van der Waals surface area contributed by atoms with Crippen LogP contribution in [0.3, 0.4) is 0 Å². The maximum Gasteiger partial charge on any atom is 0.0415 e. The first-order chi connectivity index (χ1) is 18.8. The average molecular weight is 500 g/mol. The summed E-state index contributed by atoms with van der Waals surface area (Å²) in [6, 6.07) is 9.46. The number of fused-ring (bicyclic) bond motifs is 1. The van der Waals surface area contributed by atoms with Gasteiger partial charge in [0, 0.05) is 18.7 Å². The van der Waals surface area contributed by atoms with E-state index in [0.717, 1.165) is 12.5 Å². The highest BCUT2D eigenvalue weighted by Crippen LogP contribution is 2.48. The zero-order valence-corrected chi connectivity index (χ0v) is 22.6. The number of nitrogens with one attached hydrogen (secondary N) is 1. The summed E-state index contributed by atoms with van der Waals surface area (Å²) >= 11 is 0. The molecule has 5 unspecified atom stereocenters. The van der Waals surface area contributed by atoms with Crippen molar-refractivity contribution in [3.8, 4) is 0 Å².